The van der Waals surface area contributed by atoms with Crippen molar-refractivity contribution in [3.8, 4) is 6.07 Å². The second-order valence-electron chi connectivity index (χ2n) is 7.76. The van der Waals surface area contributed by atoms with Gasteiger partial charge in [0.2, 0.25) is 0 Å². The Morgan fingerprint density at radius 2 is 1.93 bits per heavy atom. The summed E-state index contributed by atoms with van der Waals surface area (Å²) in [6, 6.07) is 9.36. The lowest BCUT2D eigenvalue weighted by Crippen LogP contribution is -2.43. The van der Waals surface area contributed by atoms with E-state index in [9.17, 15) is 4.79 Å². The van der Waals surface area contributed by atoms with Crippen LogP contribution in [-0.2, 0) is 9.53 Å². The van der Waals surface area contributed by atoms with Crippen molar-refractivity contribution in [2.45, 2.75) is 31.8 Å². The molecule has 0 radical (unpaired) electrons. The van der Waals surface area contributed by atoms with Gasteiger partial charge in [-0.3, -0.25) is 4.79 Å². The summed E-state index contributed by atoms with van der Waals surface area (Å²) in [5, 5.41) is 9.72. The quantitative estimate of drug-likeness (QED) is 0.694. The van der Waals surface area contributed by atoms with Gasteiger partial charge in [0.05, 0.1) is 29.1 Å². The van der Waals surface area contributed by atoms with E-state index >= 15 is 0 Å². The molecule has 0 amide bonds. The van der Waals surface area contributed by atoms with Gasteiger partial charge in [0.25, 0.3) is 0 Å². The third-order valence-corrected chi connectivity index (χ3v) is 5.95. The maximum Gasteiger partial charge on any atom is 0.309 e. The van der Waals surface area contributed by atoms with Crippen LogP contribution in [0.25, 0.3) is 0 Å². The molecule has 0 saturated carbocycles. The zero-order valence-corrected chi connectivity index (χ0v) is 17.5. The smallest absolute Gasteiger partial charge is 0.309 e. The summed E-state index contributed by atoms with van der Waals surface area (Å²) in [5.41, 5.74) is 0.584. The average molecular weight is 426 g/mol. The van der Waals surface area contributed by atoms with E-state index in [1.54, 1.807) is 24.5 Å². The predicted molar refractivity (Wildman–Crippen MR) is 114 cm³/mol. The van der Waals surface area contributed by atoms with E-state index in [0.717, 1.165) is 57.0 Å². The molecule has 0 aromatic carbocycles. The van der Waals surface area contributed by atoms with Gasteiger partial charge in [-0.15, -0.1) is 0 Å². The van der Waals surface area contributed by atoms with E-state index in [4.69, 9.17) is 21.6 Å². The molecule has 30 heavy (non-hydrogen) atoms. The molecule has 2 aromatic rings. The Labute approximate surface area is 181 Å². The maximum absolute atomic E-state index is 12.7. The van der Waals surface area contributed by atoms with Crippen molar-refractivity contribution < 1.29 is 9.53 Å². The van der Waals surface area contributed by atoms with Gasteiger partial charge in [0.15, 0.2) is 0 Å². The van der Waals surface area contributed by atoms with E-state index in [1.165, 1.54) is 0 Å². The van der Waals surface area contributed by atoms with Crippen LogP contribution in [0.4, 0.5) is 11.6 Å². The Bertz CT molecular complexity index is 922. The Morgan fingerprint density at radius 1 is 1.10 bits per heavy atom. The lowest BCUT2D eigenvalue weighted by atomic mass is 9.96. The monoisotopic (exact) mass is 425 g/mol. The summed E-state index contributed by atoms with van der Waals surface area (Å²) in [5.74, 6) is 1.47. The first-order valence-electron chi connectivity index (χ1n) is 10.3. The minimum absolute atomic E-state index is 0.0797. The van der Waals surface area contributed by atoms with E-state index in [2.05, 4.69) is 25.8 Å². The van der Waals surface area contributed by atoms with Gasteiger partial charge in [0.1, 0.15) is 17.7 Å². The van der Waals surface area contributed by atoms with Crippen LogP contribution in [0.15, 0.2) is 36.7 Å². The van der Waals surface area contributed by atoms with Crippen LogP contribution in [0.5, 0.6) is 0 Å². The first-order chi connectivity index (χ1) is 14.6. The number of piperidine rings is 2. The van der Waals surface area contributed by atoms with Crippen LogP contribution in [-0.4, -0.2) is 48.2 Å². The molecular weight excluding hydrogens is 402 g/mol. The van der Waals surface area contributed by atoms with Crippen molar-refractivity contribution >= 4 is 29.2 Å². The minimum atomic E-state index is -0.144. The van der Waals surface area contributed by atoms with Gasteiger partial charge in [-0.1, -0.05) is 11.6 Å². The fraction of sp³-hybridized carbons (Fsp3) is 0.455. The van der Waals surface area contributed by atoms with Crippen molar-refractivity contribution in [2.75, 3.05) is 36.0 Å². The highest BCUT2D eigenvalue weighted by Crippen LogP contribution is 2.26. The molecule has 4 heterocycles. The Hall–Kier alpha value is -2.85. The van der Waals surface area contributed by atoms with E-state index < -0.39 is 0 Å². The van der Waals surface area contributed by atoms with Gasteiger partial charge in [-0.05, 0) is 49.9 Å². The highest BCUT2D eigenvalue weighted by Gasteiger charge is 2.30. The molecule has 1 atom stereocenters. The molecular formula is C22H24ClN5O2. The number of ether oxygens (including phenoxy) is 1. The first kappa shape index (κ1) is 20.4. The fourth-order valence-corrected chi connectivity index (χ4v) is 4.17. The van der Waals surface area contributed by atoms with Gasteiger partial charge in [-0.25, -0.2) is 9.97 Å². The molecule has 8 heteroatoms. The summed E-state index contributed by atoms with van der Waals surface area (Å²) in [6.45, 7) is 3.01. The zero-order chi connectivity index (χ0) is 20.9. The summed E-state index contributed by atoms with van der Waals surface area (Å²) in [6.07, 6.45) is 6.44. The van der Waals surface area contributed by atoms with Gasteiger partial charge in [0, 0.05) is 32.0 Å². The van der Waals surface area contributed by atoms with Crippen molar-refractivity contribution in [2.24, 2.45) is 5.92 Å². The van der Waals surface area contributed by atoms with Gasteiger partial charge < -0.3 is 14.5 Å². The molecule has 0 aliphatic carbocycles. The van der Waals surface area contributed by atoms with Crippen LogP contribution in [0.2, 0.25) is 5.02 Å². The van der Waals surface area contributed by atoms with Gasteiger partial charge >= 0.3 is 5.97 Å². The number of rotatable bonds is 4. The maximum atomic E-state index is 12.7. The zero-order valence-electron chi connectivity index (χ0n) is 16.7. The van der Waals surface area contributed by atoms with E-state index in [1.807, 2.05) is 12.1 Å². The number of esters is 1. The third-order valence-electron chi connectivity index (χ3n) is 5.72. The highest BCUT2D eigenvalue weighted by atomic mass is 35.5. The SMILES string of the molecule is N#Cc1ccnc(N2CCCC(OC(=O)C3CCN(c4ccc(Cl)cn4)CC3)C2)c1. The Balaban J connectivity index is 1.29. The number of aromatic nitrogens is 2. The van der Waals surface area contributed by atoms with E-state index in [-0.39, 0.29) is 18.0 Å². The van der Waals surface area contributed by atoms with Crippen molar-refractivity contribution in [1.82, 2.24) is 9.97 Å². The molecule has 0 N–H and O–H groups in total. The number of hydrogen-bond donors (Lipinski definition) is 0. The van der Waals surface area contributed by atoms with Crippen LogP contribution in [0, 0.1) is 17.2 Å². The molecule has 4 rings (SSSR count). The van der Waals surface area contributed by atoms with Crippen LogP contribution in [0.3, 0.4) is 0 Å². The number of carbonyl (C=O) groups is 1. The standard InChI is InChI=1S/C22H24ClN5O2/c23-18-3-4-20(26-14-18)27-10-6-17(7-11-27)22(29)30-19-2-1-9-28(15-19)21-12-16(13-24)5-8-25-21/h3-5,8,12,14,17,19H,1-2,6-7,9-11,15H2. The van der Waals surface area contributed by atoms with E-state index in [0.29, 0.717) is 17.1 Å². The van der Waals surface area contributed by atoms with Crippen molar-refractivity contribution in [1.29, 1.82) is 5.26 Å². The number of pyridine rings is 2. The van der Waals surface area contributed by atoms with Crippen LogP contribution < -0.4 is 9.80 Å². The molecule has 2 aliphatic heterocycles. The minimum Gasteiger partial charge on any atom is -0.460 e. The summed E-state index contributed by atoms with van der Waals surface area (Å²) < 4.78 is 5.87. The molecule has 2 fully saturated rings. The van der Waals surface area contributed by atoms with Crippen molar-refractivity contribution in [3.05, 3.63) is 47.2 Å². The molecule has 0 bridgehead atoms. The lowest BCUT2D eigenvalue weighted by Gasteiger charge is -2.35. The molecule has 2 aliphatic rings. The Kier molecular flexibility index (Phi) is 6.34. The number of carbonyl (C=O) groups excluding carboxylic acids is 1. The highest BCUT2D eigenvalue weighted by molar-refractivity contribution is 6.30. The van der Waals surface area contributed by atoms with Crippen LogP contribution in [0.1, 0.15) is 31.2 Å². The average Bonchev–Trinajstić information content (AvgIpc) is 2.80. The topological polar surface area (TPSA) is 82.3 Å². The second kappa shape index (κ2) is 9.31. The summed E-state index contributed by atoms with van der Waals surface area (Å²) >= 11 is 5.91. The normalized spacial score (nSPS) is 19.9. The van der Waals surface area contributed by atoms with Gasteiger partial charge in [-0.2, -0.15) is 5.26 Å². The number of nitrogens with zero attached hydrogens (tertiary/aromatic N) is 5. The second-order valence-corrected chi connectivity index (χ2v) is 8.19. The summed E-state index contributed by atoms with van der Waals surface area (Å²) in [4.78, 5) is 25.8. The van der Waals surface area contributed by atoms with Crippen molar-refractivity contribution in [3.63, 3.8) is 0 Å². The summed E-state index contributed by atoms with van der Waals surface area (Å²) in [7, 11) is 0. The predicted octanol–water partition coefficient (Wildman–Crippen LogP) is 3.43. The fourth-order valence-electron chi connectivity index (χ4n) is 4.06. The number of anilines is 2. The number of halogens is 1. The lowest BCUT2D eigenvalue weighted by molar-refractivity contribution is -0.155. The molecule has 0 spiro atoms. The first-order valence-corrected chi connectivity index (χ1v) is 10.7. The van der Waals surface area contributed by atoms with Crippen LogP contribution >= 0.6 is 11.6 Å². The molecule has 7 nitrogen and oxygen atoms in total. The number of nitriles is 1. The third kappa shape index (κ3) is 4.82. The largest absolute Gasteiger partial charge is 0.460 e. The molecule has 2 saturated heterocycles. The molecule has 2 aromatic heterocycles. The number of hydrogen-bond acceptors (Lipinski definition) is 7. The Morgan fingerprint density at radius 3 is 2.67 bits per heavy atom. The molecule has 156 valence electrons. The molecule has 1 unspecified atom stereocenters.